The van der Waals surface area contributed by atoms with Crippen LogP contribution >= 0.6 is 0 Å². The van der Waals surface area contributed by atoms with Crippen molar-refractivity contribution in [3.05, 3.63) is 54.4 Å². The molecule has 0 amide bonds. The van der Waals surface area contributed by atoms with Crippen LogP contribution in [0.5, 0.6) is 0 Å². The average Bonchev–Trinajstić information content (AvgIpc) is 2.93. The minimum absolute atomic E-state index is 0.123. The summed E-state index contributed by atoms with van der Waals surface area (Å²) >= 11 is 0. The molecule has 2 aromatic carbocycles. The van der Waals surface area contributed by atoms with E-state index < -0.39 is 0 Å². The van der Waals surface area contributed by atoms with E-state index in [4.69, 9.17) is 0 Å². The fourth-order valence-electron chi connectivity index (χ4n) is 2.60. The van der Waals surface area contributed by atoms with Gasteiger partial charge in [0.2, 0.25) is 5.82 Å². The summed E-state index contributed by atoms with van der Waals surface area (Å²) in [6.45, 7) is 1.49. The van der Waals surface area contributed by atoms with E-state index in [2.05, 4.69) is 22.2 Å². The number of carbonyl (C=O) groups excluding carboxylic acids is 1. The predicted octanol–water partition coefficient (Wildman–Crippen LogP) is 3.24. The molecule has 20 heavy (non-hydrogen) atoms. The summed E-state index contributed by atoms with van der Waals surface area (Å²) in [6, 6.07) is 16.1. The Bertz CT molecular complexity index is 912. The first-order valence-electron chi connectivity index (χ1n) is 6.43. The highest BCUT2D eigenvalue weighted by Crippen LogP contribution is 2.28. The molecule has 0 bridgehead atoms. The maximum Gasteiger partial charge on any atom is 0.217 e. The molecule has 0 N–H and O–H groups in total. The van der Waals surface area contributed by atoms with Crippen LogP contribution in [-0.2, 0) is 0 Å². The molecule has 0 spiro atoms. The van der Waals surface area contributed by atoms with E-state index in [1.165, 1.54) is 6.92 Å². The second-order valence-electron chi connectivity index (χ2n) is 4.79. The van der Waals surface area contributed by atoms with Crippen molar-refractivity contribution in [1.82, 2.24) is 14.6 Å². The van der Waals surface area contributed by atoms with E-state index in [0.717, 1.165) is 27.3 Å². The number of hydrogen-bond acceptors (Lipinski definition) is 3. The van der Waals surface area contributed by atoms with Crippen LogP contribution < -0.4 is 0 Å². The van der Waals surface area contributed by atoms with Gasteiger partial charge >= 0.3 is 0 Å². The van der Waals surface area contributed by atoms with E-state index in [9.17, 15) is 4.79 Å². The lowest BCUT2D eigenvalue weighted by Crippen LogP contribution is -1.96. The van der Waals surface area contributed by atoms with Gasteiger partial charge < -0.3 is 0 Å². The third-order valence-corrected chi connectivity index (χ3v) is 3.51. The molecular formula is C16H11N3O. The Kier molecular flexibility index (Phi) is 2.15. The number of benzene rings is 2. The zero-order chi connectivity index (χ0) is 13.7. The van der Waals surface area contributed by atoms with Gasteiger partial charge in [-0.25, -0.2) is 9.50 Å². The molecule has 4 heteroatoms. The molecule has 0 saturated carbocycles. The molecule has 96 valence electrons. The molecule has 0 saturated heterocycles. The van der Waals surface area contributed by atoms with Gasteiger partial charge in [0.1, 0.15) is 0 Å². The summed E-state index contributed by atoms with van der Waals surface area (Å²) in [5, 5.41) is 7.58. The van der Waals surface area contributed by atoms with Gasteiger partial charge in [-0.15, -0.1) is 5.10 Å². The van der Waals surface area contributed by atoms with Crippen LogP contribution in [0.15, 0.2) is 48.5 Å². The summed E-state index contributed by atoms with van der Waals surface area (Å²) in [7, 11) is 0. The number of aromatic nitrogens is 3. The first-order chi connectivity index (χ1) is 9.75. The maximum absolute atomic E-state index is 11.5. The van der Waals surface area contributed by atoms with Gasteiger partial charge in [0.05, 0.1) is 5.52 Å². The van der Waals surface area contributed by atoms with Crippen molar-refractivity contribution in [2.24, 2.45) is 0 Å². The summed E-state index contributed by atoms with van der Waals surface area (Å²) in [4.78, 5) is 15.9. The highest BCUT2D eigenvalue weighted by atomic mass is 16.1. The number of carbonyl (C=O) groups is 1. The van der Waals surface area contributed by atoms with E-state index in [1.54, 1.807) is 4.52 Å². The van der Waals surface area contributed by atoms with E-state index in [-0.39, 0.29) is 11.6 Å². The zero-order valence-corrected chi connectivity index (χ0v) is 10.9. The molecule has 0 aliphatic carbocycles. The van der Waals surface area contributed by atoms with Crippen molar-refractivity contribution in [3.8, 4) is 0 Å². The molecule has 0 aliphatic rings. The highest BCUT2D eigenvalue weighted by Gasteiger charge is 2.14. The number of ketones is 1. The molecule has 4 aromatic rings. The Labute approximate surface area is 114 Å². The normalized spacial score (nSPS) is 11.4. The number of hydrogen-bond donors (Lipinski definition) is 0. The van der Waals surface area contributed by atoms with Crippen molar-refractivity contribution in [2.45, 2.75) is 6.92 Å². The third kappa shape index (κ3) is 1.39. The van der Waals surface area contributed by atoms with Gasteiger partial charge in [-0.3, -0.25) is 4.79 Å². The van der Waals surface area contributed by atoms with Crippen molar-refractivity contribution in [1.29, 1.82) is 0 Å². The molecule has 0 unspecified atom stereocenters. The van der Waals surface area contributed by atoms with Crippen LogP contribution in [0.25, 0.3) is 27.3 Å². The van der Waals surface area contributed by atoms with Gasteiger partial charge in [0.25, 0.3) is 0 Å². The lowest BCUT2D eigenvalue weighted by molar-refractivity contribution is 0.100. The molecular weight excluding hydrogens is 250 g/mol. The van der Waals surface area contributed by atoms with Gasteiger partial charge in [0.15, 0.2) is 11.4 Å². The average molecular weight is 261 g/mol. The Hall–Kier alpha value is -2.75. The molecule has 0 aliphatic heterocycles. The van der Waals surface area contributed by atoms with Crippen molar-refractivity contribution >= 4 is 33.1 Å². The fourth-order valence-corrected chi connectivity index (χ4v) is 2.60. The molecule has 0 fully saturated rings. The van der Waals surface area contributed by atoms with Crippen molar-refractivity contribution in [2.75, 3.05) is 0 Å². The van der Waals surface area contributed by atoms with Crippen molar-refractivity contribution < 1.29 is 4.79 Å². The van der Waals surface area contributed by atoms with Crippen molar-refractivity contribution in [3.63, 3.8) is 0 Å². The smallest absolute Gasteiger partial charge is 0.217 e. The molecule has 0 radical (unpaired) electrons. The summed E-state index contributed by atoms with van der Waals surface area (Å²) in [5.41, 5.74) is 1.69. The number of para-hydroxylation sites is 1. The third-order valence-electron chi connectivity index (χ3n) is 3.51. The van der Waals surface area contributed by atoms with Crippen LogP contribution in [0.4, 0.5) is 0 Å². The number of Topliss-reactive ketones (excluding diaryl/α,β-unsaturated/α-hetero) is 1. The molecule has 2 aromatic heterocycles. The summed E-state index contributed by atoms with van der Waals surface area (Å²) in [5.74, 6) is 0.133. The van der Waals surface area contributed by atoms with Crippen LogP contribution in [0.2, 0.25) is 0 Å². The largest absolute Gasteiger partial charge is 0.291 e. The van der Waals surface area contributed by atoms with Gasteiger partial charge in [-0.05, 0) is 11.5 Å². The summed E-state index contributed by atoms with van der Waals surface area (Å²) < 4.78 is 1.76. The minimum atomic E-state index is -0.123. The van der Waals surface area contributed by atoms with E-state index in [0.29, 0.717) is 0 Å². The predicted molar refractivity (Wildman–Crippen MR) is 78.0 cm³/mol. The number of pyridine rings is 1. The topological polar surface area (TPSA) is 47.3 Å². The first-order valence-corrected chi connectivity index (χ1v) is 6.43. The lowest BCUT2D eigenvalue weighted by atomic mass is 10.1. The maximum atomic E-state index is 11.5. The second-order valence-corrected chi connectivity index (χ2v) is 4.79. The second kappa shape index (κ2) is 3.87. The molecule has 0 atom stereocenters. The Morgan fingerprint density at radius 2 is 1.60 bits per heavy atom. The lowest BCUT2D eigenvalue weighted by Gasteiger charge is -2.05. The fraction of sp³-hybridized carbons (Fsp3) is 0.0625. The van der Waals surface area contributed by atoms with Crippen LogP contribution in [0, 0.1) is 0 Å². The quantitative estimate of drug-likeness (QED) is 0.390. The molecule has 4 nitrogen and oxygen atoms in total. The minimum Gasteiger partial charge on any atom is -0.291 e. The van der Waals surface area contributed by atoms with Crippen LogP contribution in [0.1, 0.15) is 17.5 Å². The summed E-state index contributed by atoms with van der Waals surface area (Å²) in [6.07, 6.45) is 0. The van der Waals surface area contributed by atoms with Gasteiger partial charge in [0, 0.05) is 17.7 Å². The Balaban J connectivity index is 2.35. The standard InChI is InChI=1S/C16H11N3O/c1-10(20)15-17-16-13-8-3-2-6-11(13)12-7-4-5-9-14(12)19(16)18-15/h2-9H,1H3. The zero-order valence-electron chi connectivity index (χ0n) is 10.9. The van der Waals surface area contributed by atoms with Gasteiger partial charge in [-0.2, -0.15) is 0 Å². The highest BCUT2D eigenvalue weighted by molar-refractivity contribution is 6.11. The SMILES string of the molecule is CC(=O)c1nc2c3ccccc3c3ccccc3n2n1. The first kappa shape index (κ1) is 11.1. The number of fused-ring (bicyclic) bond motifs is 6. The molecule has 4 rings (SSSR count). The van der Waals surface area contributed by atoms with E-state index in [1.807, 2.05) is 36.4 Å². The van der Waals surface area contributed by atoms with Crippen LogP contribution in [-0.4, -0.2) is 20.4 Å². The monoisotopic (exact) mass is 261 g/mol. The Morgan fingerprint density at radius 3 is 2.35 bits per heavy atom. The molecule has 2 heterocycles. The van der Waals surface area contributed by atoms with Crippen LogP contribution in [0.3, 0.4) is 0 Å². The number of nitrogens with zero attached hydrogens (tertiary/aromatic N) is 3. The Morgan fingerprint density at radius 1 is 0.950 bits per heavy atom. The van der Waals surface area contributed by atoms with E-state index >= 15 is 0 Å². The van der Waals surface area contributed by atoms with Gasteiger partial charge in [-0.1, -0.05) is 42.5 Å². The number of rotatable bonds is 1.